The van der Waals surface area contributed by atoms with Crippen LogP contribution in [0.1, 0.15) is 21.5 Å². The molecule has 0 fully saturated rings. The molecule has 1 aromatic heterocycles. The minimum Gasteiger partial charge on any atom is -0.383 e. The fraction of sp³-hybridized carbons (Fsp3) is 0.167. The Hall–Kier alpha value is -2.17. The van der Waals surface area contributed by atoms with Crippen LogP contribution in [0.25, 0.3) is 0 Å². The molecule has 0 saturated heterocycles. The summed E-state index contributed by atoms with van der Waals surface area (Å²) in [5, 5.41) is 3.90. The van der Waals surface area contributed by atoms with E-state index in [9.17, 15) is 9.18 Å². The number of nitrogens with zero attached hydrogens (tertiary/aromatic N) is 2. The number of hydrogen-bond acceptors (Lipinski definition) is 3. The monoisotopic (exact) mass is 233 g/mol. The average Bonchev–Trinajstić information content (AvgIpc) is 2.63. The van der Waals surface area contributed by atoms with Crippen molar-refractivity contribution < 1.29 is 9.18 Å². The summed E-state index contributed by atoms with van der Waals surface area (Å²) >= 11 is 0. The summed E-state index contributed by atoms with van der Waals surface area (Å²) in [7, 11) is 1.65. The van der Waals surface area contributed by atoms with Crippen LogP contribution >= 0.6 is 0 Å². The van der Waals surface area contributed by atoms with Gasteiger partial charge in [0.15, 0.2) is 5.78 Å². The van der Waals surface area contributed by atoms with E-state index in [-0.39, 0.29) is 11.6 Å². The molecule has 0 unspecified atom stereocenters. The van der Waals surface area contributed by atoms with Gasteiger partial charge in [0, 0.05) is 12.6 Å². The lowest BCUT2D eigenvalue weighted by Gasteiger charge is -2.02. The molecule has 5 heteroatoms. The second-order valence-electron chi connectivity index (χ2n) is 3.86. The van der Waals surface area contributed by atoms with Crippen LogP contribution in [0.15, 0.2) is 24.4 Å². The number of nitrogen functional groups attached to an aromatic ring is 1. The standard InChI is InChI=1S/C12H12FN3O/c1-7-5-8(3-4-10(7)13)11(17)9-6-15-16(2)12(9)14/h3-6H,14H2,1-2H3. The van der Waals surface area contributed by atoms with Crippen LogP contribution in [0.4, 0.5) is 10.2 Å². The molecule has 0 atom stereocenters. The molecule has 4 nitrogen and oxygen atoms in total. The Morgan fingerprint density at radius 2 is 2.18 bits per heavy atom. The molecule has 0 bridgehead atoms. The first-order valence-electron chi connectivity index (χ1n) is 5.09. The van der Waals surface area contributed by atoms with E-state index in [0.29, 0.717) is 22.5 Å². The van der Waals surface area contributed by atoms with Gasteiger partial charge in [-0.05, 0) is 30.7 Å². The summed E-state index contributed by atoms with van der Waals surface area (Å²) in [5.74, 6) is -0.281. The van der Waals surface area contributed by atoms with Gasteiger partial charge in [-0.15, -0.1) is 0 Å². The quantitative estimate of drug-likeness (QED) is 0.803. The van der Waals surface area contributed by atoms with Crippen molar-refractivity contribution in [1.82, 2.24) is 9.78 Å². The molecule has 0 aliphatic heterocycles. The van der Waals surface area contributed by atoms with Crippen LogP contribution in [-0.4, -0.2) is 15.6 Å². The highest BCUT2D eigenvalue weighted by Gasteiger charge is 2.16. The first-order chi connectivity index (χ1) is 8.00. The zero-order chi connectivity index (χ0) is 12.6. The second-order valence-corrected chi connectivity index (χ2v) is 3.86. The number of anilines is 1. The van der Waals surface area contributed by atoms with Crippen LogP contribution in [0.3, 0.4) is 0 Å². The molecular weight excluding hydrogens is 221 g/mol. The zero-order valence-electron chi connectivity index (χ0n) is 9.57. The number of aromatic nitrogens is 2. The number of hydrogen-bond donors (Lipinski definition) is 1. The van der Waals surface area contributed by atoms with Crippen LogP contribution in [-0.2, 0) is 7.05 Å². The van der Waals surface area contributed by atoms with E-state index in [4.69, 9.17) is 5.73 Å². The van der Waals surface area contributed by atoms with E-state index in [1.165, 1.54) is 29.1 Å². The minimum absolute atomic E-state index is 0.251. The Morgan fingerprint density at radius 3 is 2.71 bits per heavy atom. The van der Waals surface area contributed by atoms with Gasteiger partial charge in [-0.2, -0.15) is 5.10 Å². The summed E-state index contributed by atoms with van der Waals surface area (Å²) in [5.41, 5.74) is 6.88. The Bertz CT molecular complexity index is 589. The van der Waals surface area contributed by atoms with E-state index < -0.39 is 0 Å². The highest BCUT2D eigenvalue weighted by molar-refractivity contribution is 6.11. The maximum absolute atomic E-state index is 13.1. The Morgan fingerprint density at radius 1 is 1.47 bits per heavy atom. The molecule has 1 aromatic carbocycles. The Kier molecular flexibility index (Phi) is 2.67. The summed E-state index contributed by atoms with van der Waals surface area (Å²) in [6.45, 7) is 1.61. The third kappa shape index (κ3) is 1.91. The third-order valence-corrected chi connectivity index (χ3v) is 2.65. The molecule has 17 heavy (non-hydrogen) atoms. The Labute approximate surface area is 97.9 Å². The summed E-state index contributed by atoms with van der Waals surface area (Å²) in [4.78, 5) is 12.1. The van der Waals surface area contributed by atoms with Crippen molar-refractivity contribution in [3.63, 3.8) is 0 Å². The molecule has 0 spiro atoms. The summed E-state index contributed by atoms with van der Waals surface area (Å²) in [6.07, 6.45) is 1.41. The molecule has 0 aliphatic carbocycles. The third-order valence-electron chi connectivity index (χ3n) is 2.65. The maximum atomic E-state index is 13.1. The SMILES string of the molecule is Cc1cc(C(=O)c2cnn(C)c2N)ccc1F. The van der Waals surface area contributed by atoms with Crippen molar-refractivity contribution >= 4 is 11.6 Å². The number of benzene rings is 1. The van der Waals surface area contributed by atoms with Crippen LogP contribution in [0.5, 0.6) is 0 Å². The minimum atomic E-state index is -0.333. The first-order valence-corrected chi connectivity index (χ1v) is 5.09. The molecule has 2 aromatic rings. The highest BCUT2D eigenvalue weighted by atomic mass is 19.1. The number of aryl methyl sites for hydroxylation is 2. The predicted octanol–water partition coefficient (Wildman–Crippen LogP) is 1.68. The topological polar surface area (TPSA) is 60.9 Å². The number of nitrogens with two attached hydrogens (primary N) is 1. The lowest BCUT2D eigenvalue weighted by molar-refractivity contribution is 0.103. The van der Waals surface area contributed by atoms with E-state index in [0.717, 1.165) is 0 Å². The molecule has 2 rings (SSSR count). The largest absolute Gasteiger partial charge is 0.383 e. The molecule has 2 N–H and O–H groups in total. The van der Waals surface area contributed by atoms with Gasteiger partial charge < -0.3 is 5.73 Å². The molecule has 1 heterocycles. The molecular formula is C12H12FN3O. The van der Waals surface area contributed by atoms with Gasteiger partial charge in [0.25, 0.3) is 0 Å². The van der Waals surface area contributed by atoms with E-state index >= 15 is 0 Å². The van der Waals surface area contributed by atoms with E-state index in [2.05, 4.69) is 5.10 Å². The number of ketones is 1. The van der Waals surface area contributed by atoms with Gasteiger partial charge >= 0.3 is 0 Å². The van der Waals surface area contributed by atoms with Gasteiger partial charge in [-0.3, -0.25) is 9.48 Å². The van der Waals surface area contributed by atoms with Crippen molar-refractivity contribution in [3.8, 4) is 0 Å². The lowest BCUT2D eigenvalue weighted by atomic mass is 10.0. The van der Waals surface area contributed by atoms with E-state index in [1.807, 2.05) is 0 Å². The van der Waals surface area contributed by atoms with Gasteiger partial charge in [-0.25, -0.2) is 4.39 Å². The maximum Gasteiger partial charge on any atom is 0.198 e. The molecule has 0 radical (unpaired) electrons. The summed E-state index contributed by atoms with van der Waals surface area (Å²) < 4.78 is 14.5. The lowest BCUT2D eigenvalue weighted by Crippen LogP contribution is -2.06. The van der Waals surface area contributed by atoms with Gasteiger partial charge in [0.1, 0.15) is 11.6 Å². The van der Waals surface area contributed by atoms with Gasteiger partial charge in [-0.1, -0.05) is 0 Å². The second kappa shape index (κ2) is 4.01. The molecule has 0 amide bonds. The number of carbonyl (C=O) groups excluding carboxylic acids is 1. The number of halogens is 1. The van der Waals surface area contributed by atoms with Gasteiger partial charge in [0.2, 0.25) is 0 Å². The predicted molar refractivity (Wildman–Crippen MR) is 62.2 cm³/mol. The molecule has 0 aliphatic rings. The Balaban J connectivity index is 2.44. The zero-order valence-corrected chi connectivity index (χ0v) is 9.57. The smallest absolute Gasteiger partial charge is 0.198 e. The van der Waals surface area contributed by atoms with Crippen molar-refractivity contribution in [1.29, 1.82) is 0 Å². The van der Waals surface area contributed by atoms with Crippen molar-refractivity contribution in [2.75, 3.05) is 5.73 Å². The molecule has 0 saturated carbocycles. The fourth-order valence-electron chi connectivity index (χ4n) is 1.56. The summed E-state index contributed by atoms with van der Waals surface area (Å²) in [6, 6.07) is 4.22. The van der Waals surface area contributed by atoms with Crippen LogP contribution in [0.2, 0.25) is 0 Å². The van der Waals surface area contributed by atoms with Crippen molar-refractivity contribution in [2.45, 2.75) is 6.92 Å². The van der Waals surface area contributed by atoms with Crippen molar-refractivity contribution in [2.24, 2.45) is 7.05 Å². The highest BCUT2D eigenvalue weighted by Crippen LogP contribution is 2.17. The first kappa shape index (κ1) is 11.3. The van der Waals surface area contributed by atoms with E-state index in [1.54, 1.807) is 14.0 Å². The fourth-order valence-corrected chi connectivity index (χ4v) is 1.56. The normalized spacial score (nSPS) is 10.5. The van der Waals surface area contributed by atoms with Crippen molar-refractivity contribution in [3.05, 3.63) is 46.9 Å². The van der Waals surface area contributed by atoms with Crippen LogP contribution < -0.4 is 5.73 Å². The number of carbonyl (C=O) groups is 1. The van der Waals surface area contributed by atoms with Gasteiger partial charge in [0.05, 0.1) is 11.8 Å². The number of rotatable bonds is 2. The average molecular weight is 233 g/mol. The molecule has 88 valence electrons. The van der Waals surface area contributed by atoms with Crippen LogP contribution in [0, 0.1) is 12.7 Å².